The lowest BCUT2D eigenvalue weighted by Crippen LogP contribution is -2.22. The largest absolute Gasteiger partial charge is 0.468 e. The third-order valence-electron chi connectivity index (χ3n) is 3.63. The van der Waals surface area contributed by atoms with E-state index < -0.39 is 0 Å². The standard InChI is InChI=1S/C10H14O4/c11-5-13-4-9-7-1-2-8(9)10(3-7)14-6-12/h5-10H,1-4H2/t7-,8-,9+,10?/m1/s1. The first-order valence-electron chi connectivity index (χ1n) is 5.01. The van der Waals surface area contributed by atoms with Crippen molar-refractivity contribution in [3.8, 4) is 0 Å². The van der Waals surface area contributed by atoms with Crippen LogP contribution in [0.2, 0.25) is 0 Å². The van der Waals surface area contributed by atoms with E-state index in [0.29, 0.717) is 37.3 Å². The molecular formula is C10H14O4. The van der Waals surface area contributed by atoms with Gasteiger partial charge in [0.25, 0.3) is 12.9 Å². The molecule has 2 aliphatic carbocycles. The molecule has 0 aromatic carbocycles. The SMILES string of the molecule is O=COC[C@H]1[C@@H]2CC[C@H]1C(OC=O)C2. The minimum atomic E-state index is 0.0616. The smallest absolute Gasteiger partial charge is 0.293 e. The van der Waals surface area contributed by atoms with E-state index in [0.717, 1.165) is 12.8 Å². The second kappa shape index (κ2) is 3.98. The molecule has 0 radical (unpaired) electrons. The van der Waals surface area contributed by atoms with Gasteiger partial charge in [0.05, 0.1) is 6.61 Å². The first-order valence-corrected chi connectivity index (χ1v) is 5.01. The maximum Gasteiger partial charge on any atom is 0.293 e. The molecule has 0 aliphatic heterocycles. The van der Waals surface area contributed by atoms with E-state index in [4.69, 9.17) is 9.47 Å². The summed E-state index contributed by atoms with van der Waals surface area (Å²) in [6.45, 7) is 1.51. The van der Waals surface area contributed by atoms with E-state index in [1.807, 2.05) is 0 Å². The Bertz CT molecular complexity index is 228. The van der Waals surface area contributed by atoms with Crippen molar-refractivity contribution in [2.24, 2.45) is 17.8 Å². The van der Waals surface area contributed by atoms with Crippen molar-refractivity contribution in [1.29, 1.82) is 0 Å². The first kappa shape index (κ1) is 9.49. The van der Waals surface area contributed by atoms with Gasteiger partial charge in [0.1, 0.15) is 6.10 Å². The molecule has 2 aliphatic rings. The Balaban J connectivity index is 1.93. The van der Waals surface area contributed by atoms with E-state index in [2.05, 4.69) is 0 Å². The van der Waals surface area contributed by atoms with Crippen LogP contribution in [-0.4, -0.2) is 25.7 Å². The molecule has 0 heterocycles. The van der Waals surface area contributed by atoms with Crippen molar-refractivity contribution in [3.05, 3.63) is 0 Å². The highest BCUT2D eigenvalue weighted by molar-refractivity contribution is 5.38. The quantitative estimate of drug-likeness (QED) is 0.611. The molecule has 0 N–H and O–H groups in total. The van der Waals surface area contributed by atoms with Crippen molar-refractivity contribution < 1.29 is 19.1 Å². The zero-order valence-electron chi connectivity index (χ0n) is 7.93. The van der Waals surface area contributed by atoms with E-state index in [9.17, 15) is 9.59 Å². The van der Waals surface area contributed by atoms with Gasteiger partial charge in [-0.05, 0) is 25.2 Å². The molecule has 4 heteroatoms. The summed E-state index contributed by atoms with van der Waals surface area (Å²) < 4.78 is 9.82. The normalized spacial score (nSPS) is 39.4. The zero-order valence-corrected chi connectivity index (χ0v) is 7.93. The summed E-state index contributed by atoms with van der Waals surface area (Å²) in [7, 11) is 0. The summed E-state index contributed by atoms with van der Waals surface area (Å²) >= 11 is 0. The second-order valence-corrected chi connectivity index (χ2v) is 4.10. The fourth-order valence-corrected chi connectivity index (χ4v) is 3.05. The topological polar surface area (TPSA) is 52.6 Å². The van der Waals surface area contributed by atoms with Crippen LogP contribution in [0.1, 0.15) is 19.3 Å². The zero-order chi connectivity index (χ0) is 9.97. The molecule has 0 aromatic rings. The Morgan fingerprint density at radius 2 is 2.07 bits per heavy atom. The lowest BCUT2D eigenvalue weighted by Gasteiger charge is -2.19. The van der Waals surface area contributed by atoms with Crippen molar-refractivity contribution in [2.45, 2.75) is 25.4 Å². The average Bonchev–Trinajstić information content (AvgIpc) is 2.72. The van der Waals surface area contributed by atoms with E-state index in [1.165, 1.54) is 6.42 Å². The van der Waals surface area contributed by atoms with Crippen molar-refractivity contribution in [2.75, 3.05) is 6.61 Å². The average molecular weight is 198 g/mol. The van der Waals surface area contributed by atoms with Crippen LogP contribution in [0.15, 0.2) is 0 Å². The highest BCUT2D eigenvalue weighted by Crippen LogP contribution is 2.50. The van der Waals surface area contributed by atoms with Crippen molar-refractivity contribution in [3.63, 3.8) is 0 Å². The maximum absolute atomic E-state index is 10.2. The lowest BCUT2D eigenvalue weighted by atomic mass is 9.97. The monoisotopic (exact) mass is 198 g/mol. The third kappa shape index (κ3) is 1.49. The predicted octanol–water partition coefficient (Wildman–Crippen LogP) is 0.747. The molecule has 0 aromatic heterocycles. The van der Waals surface area contributed by atoms with E-state index in [1.54, 1.807) is 0 Å². The van der Waals surface area contributed by atoms with Crippen LogP contribution in [-0.2, 0) is 19.1 Å². The molecule has 0 saturated heterocycles. The Kier molecular flexibility index (Phi) is 2.70. The molecule has 78 valence electrons. The molecular weight excluding hydrogens is 184 g/mol. The number of hydrogen-bond acceptors (Lipinski definition) is 4. The van der Waals surface area contributed by atoms with Crippen LogP contribution in [0.4, 0.5) is 0 Å². The number of ether oxygens (including phenoxy) is 2. The molecule has 2 bridgehead atoms. The number of carbonyl (C=O) groups excluding carboxylic acids is 2. The van der Waals surface area contributed by atoms with Gasteiger partial charge < -0.3 is 9.47 Å². The van der Waals surface area contributed by atoms with Crippen molar-refractivity contribution in [1.82, 2.24) is 0 Å². The lowest BCUT2D eigenvalue weighted by molar-refractivity contribution is -0.137. The summed E-state index contributed by atoms with van der Waals surface area (Å²) in [4.78, 5) is 20.3. The van der Waals surface area contributed by atoms with Gasteiger partial charge in [-0.2, -0.15) is 0 Å². The van der Waals surface area contributed by atoms with Crippen molar-refractivity contribution >= 4 is 12.9 Å². The van der Waals surface area contributed by atoms with Gasteiger partial charge in [-0.15, -0.1) is 0 Å². The molecule has 2 rings (SSSR count). The Labute approximate surface area is 82.6 Å². The molecule has 14 heavy (non-hydrogen) atoms. The first-order chi connectivity index (χ1) is 6.86. The maximum atomic E-state index is 10.2. The van der Waals surface area contributed by atoms with Crippen LogP contribution in [0.3, 0.4) is 0 Å². The fourth-order valence-electron chi connectivity index (χ4n) is 3.05. The molecule has 4 nitrogen and oxygen atoms in total. The molecule has 0 amide bonds. The second-order valence-electron chi connectivity index (χ2n) is 4.10. The fraction of sp³-hybridized carbons (Fsp3) is 0.800. The molecule has 4 atom stereocenters. The van der Waals surface area contributed by atoms with Gasteiger partial charge in [-0.25, -0.2) is 0 Å². The number of hydrogen-bond donors (Lipinski definition) is 0. The van der Waals surface area contributed by atoms with Crippen LogP contribution < -0.4 is 0 Å². The van der Waals surface area contributed by atoms with Gasteiger partial charge in [0.2, 0.25) is 0 Å². The number of fused-ring (bicyclic) bond motifs is 2. The highest BCUT2D eigenvalue weighted by atomic mass is 16.5. The summed E-state index contributed by atoms with van der Waals surface area (Å²) in [6, 6.07) is 0. The Morgan fingerprint density at radius 1 is 1.21 bits per heavy atom. The summed E-state index contributed by atoms with van der Waals surface area (Å²) in [5.74, 6) is 1.39. The number of rotatable bonds is 5. The number of carbonyl (C=O) groups is 2. The van der Waals surface area contributed by atoms with Crippen LogP contribution >= 0.6 is 0 Å². The molecule has 1 unspecified atom stereocenters. The molecule has 2 fully saturated rings. The van der Waals surface area contributed by atoms with Crippen LogP contribution in [0, 0.1) is 17.8 Å². The van der Waals surface area contributed by atoms with Gasteiger partial charge in [0.15, 0.2) is 0 Å². The Morgan fingerprint density at radius 3 is 2.79 bits per heavy atom. The van der Waals surface area contributed by atoms with Gasteiger partial charge >= 0.3 is 0 Å². The minimum absolute atomic E-state index is 0.0616. The van der Waals surface area contributed by atoms with E-state index in [-0.39, 0.29) is 6.10 Å². The predicted molar refractivity (Wildman–Crippen MR) is 47.3 cm³/mol. The third-order valence-corrected chi connectivity index (χ3v) is 3.63. The van der Waals surface area contributed by atoms with Gasteiger partial charge in [-0.1, -0.05) is 0 Å². The molecule has 2 saturated carbocycles. The highest BCUT2D eigenvalue weighted by Gasteiger charge is 2.49. The molecule has 0 spiro atoms. The summed E-state index contributed by atoms with van der Waals surface area (Å²) in [5.41, 5.74) is 0. The van der Waals surface area contributed by atoms with Crippen LogP contribution in [0.25, 0.3) is 0 Å². The van der Waals surface area contributed by atoms with Crippen LogP contribution in [0.5, 0.6) is 0 Å². The van der Waals surface area contributed by atoms with Gasteiger partial charge in [-0.3, -0.25) is 9.59 Å². The van der Waals surface area contributed by atoms with Gasteiger partial charge in [0, 0.05) is 11.8 Å². The summed E-state index contributed by atoms with van der Waals surface area (Å²) in [6.07, 6.45) is 3.27. The summed E-state index contributed by atoms with van der Waals surface area (Å²) in [5, 5.41) is 0. The Hall–Kier alpha value is -1.06. The van der Waals surface area contributed by atoms with E-state index >= 15 is 0 Å². The minimum Gasteiger partial charge on any atom is -0.468 e.